The molecule has 3 N–H and O–H groups in total. The van der Waals surface area contributed by atoms with Gasteiger partial charge in [-0.05, 0) is 36.6 Å². The van der Waals surface area contributed by atoms with E-state index in [2.05, 4.69) is 30.2 Å². The number of rotatable bonds is 1. The number of hydrogen-bond acceptors (Lipinski definition) is 13. The predicted octanol–water partition coefficient (Wildman–Crippen LogP) is 2.17. The van der Waals surface area contributed by atoms with Gasteiger partial charge in [0.05, 0.1) is 18.2 Å². The fourth-order valence-corrected chi connectivity index (χ4v) is 7.13. The van der Waals surface area contributed by atoms with E-state index in [4.69, 9.17) is 58.0 Å². The van der Waals surface area contributed by atoms with Gasteiger partial charge in [-0.25, -0.2) is 28.1 Å². The minimum atomic E-state index is -4.40. The van der Waals surface area contributed by atoms with Gasteiger partial charge in [0.25, 0.3) is 11.5 Å². The van der Waals surface area contributed by atoms with E-state index in [0.717, 1.165) is 9.25 Å². The second-order valence-corrected chi connectivity index (χ2v) is 15.7. The molecule has 44 heavy (non-hydrogen) atoms. The summed E-state index contributed by atoms with van der Waals surface area (Å²) in [5.74, 6) is -3.68. The fraction of sp³-hybridized carbons (Fsp3) is 0.500. The molecular formula is C20H20ClF3N8O8P2S2. The van der Waals surface area contributed by atoms with E-state index in [0.29, 0.717) is 0 Å². The highest BCUT2D eigenvalue weighted by molar-refractivity contribution is 8.07. The van der Waals surface area contributed by atoms with E-state index in [-0.39, 0.29) is 39.0 Å². The summed E-state index contributed by atoms with van der Waals surface area (Å²) in [7, 11) is 0. The van der Waals surface area contributed by atoms with Crippen LogP contribution in [0.5, 0.6) is 0 Å². The Labute approximate surface area is 258 Å². The van der Waals surface area contributed by atoms with Gasteiger partial charge in [-0.3, -0.25) is 9.32 Å². The highest BCUT2D eigenvalue weighted by Crippen LogP contribution is 2.52. The van der Waals surface area contributed by atoms with Gasteiger partial charge in [0, 0.05) is 6.20 Å². The standard InChI is InChI=1S/C20H20ClF3N8O8P2S2/c1-8-26-17-14(18(33)27-8)29-30-32(17)19-15-13(22)11(39-19)4-36-41(34,43)38-7-20(23,24)6-31-12(5-37-42(35,44)40-15)28-10-2-9(21)3-25-16(10)31/h2-3,11,13,15,19H,4-7H2,1H3,(H,34,43)(H,35,44)(H,26,27,33)/t11-,13-,15-,19-,41?,42?/m1/s1. The lowest BCUT2D eigenvalue weighted by Crippen LogP contribution is -2.33. The minimum absolute atomic E-state index is 0.0209. The van der Waals surface area contributed by atoms with Gasteiger partial charge in [0.15, 0.2) is 29.2 Å². The number of H-pyrrole nitrogens is 1. The Bertz CT molecular complexity index is 1920. The molecule has 4 aromatic heterocycles. The van der Waals surface area contributed by atoms with Crippen LogP contribution in [0.15, 0.2) is 17.1 Å². The molecule has 24 heteroatoms. The number of pyridine rings is 1. The van der Waals surface area contributed by atoms with Crippen LogP contribution in [-0.4, -0.2) is 86.8 Å². The Balaban J connectivity index is 1.40. The largest absolute Gasteiger partial charge is 0.345 e. The van der Waals surface area contributed by atoms with Gasteiger partial charge >= 0.3 is 13.4 Å². The third kappa shape index (κ3) is 6.47. The SMILES string of the molecule is Cc1nc2c(nnn2[C@@H]2O[C@@H]3COP(O)(=S)OCC(F)(F)Cn4c(nc5cc(Cl)cnc54)COP(O)(=S)O[C@@H]2[C@@H]3F)c(=O)[nH]1. The van der Waals surface area contributed by atoms with E-state index >= 15 is 13.2 Å². The fourth-order valence-electron chi connectivity index (χ4n) is 4.55. The number of aromatic amines is 1. The number of hydrogen-bond donors (Lipinski definition) is 3. The summed E-state index contributed by atoms with van der Waals surface area (Å²) in [6.07, 6.45) is -5.87. The van der Waals surface area contributed by atoms with E-state index in [1.807, 2.05) is 0 Å². The molecule has 2 aliphatic heterocycles. The Morgan fingerprint density at radius 2 is 1.95 bits per heavy atom. The maximum Gasteiger partial charge on any atom is 0.325 e. The van der Waals surface area contributed by atoms with Gasteiger partial charge in [-0.2, -0.15) is 4.68 Å². The van der Waals surface area contributed by atoms with Crippen LogP contribution in [0.2, 0.25) is 5.02 Å². The van der Waals surface area contributed by atoms with Crippen LogP contribution in [0.4, 0.5) is 13.2 Å². The number of imidazole rings is 1. The molecule has 4 aromatic rings. The van der Waals surface area contributed by atoms with Crippen molar-refractivity contribution in [2.75, 3.05) is 13.2 Å². The molecule has 0 aliphatic carbocycles. The van der Waals surface area contributed by atoms with Crippen molar-refractivity contribution in [1.82, 2.24) is 39.5 Å². The van der Waals surface area contributed by atoms with Crippen molar-refractivity contribution in [3.63, 3.8) is 0 Å². The van der Waals surface area contributed by atoms with Crippen molar-refractivity contribution in [3.8, 4) is 0 Å². The first-order valence-electron chi connectivity index (χ1n) is 12.4. The maximum atomic E-state index is 15.9. The van der Waals surface area contributed by atoms with Gasteiger partial charge in [-0.15, -0.1) is 5.10 Å². The number of alkyl halides is 3. The number of nitrogens with zero attached hydrogens (tertiary/aromatic N) is 7. The lowest BCUT2D eigenvalue weighted by molar-refractivity contribution is -0.0658. The van der Waals surface area contributed by atoms with Crippen LogP contribution >= 0.6 is 25.0 Å². The van der Waals surface area contributed by atoms with Gasteiger partial charge in [0.1, 0.15) is 42.6 Å². The zero-order chi connectivity index (χ0) is 31.6. The van der Waals surface area contributed by atoms with Crippen molar-refractivity contribution in [3.05, 3.63) is 39.3 Å². The maximum absolute atomic E-state index is 15.9. The van der Waals surface area contributed by atoms with Crippen LogP contribution in [0.3, 0.4) is 0 Å². The molecule has 6 atom stereocenters. The van der Waals surface area contributed by atoms with E-state index < -0.39 is 75.9 Å². The highest BCUT2D eigenvalue weighted by Gasteiger charge is 2.51. The zero-order valence-electron chi connectivity index (χ0n) is 22.0. The Morgan fingerprint density at radius 1 is 1.18 bits per heavy atom. The highest BCUT2D eigenvalue weighted by atomic mass is 35.5. The molecule has 2 bridgehead atoms. The van der Waals surface area contributed by atoms with Gasteiger partial charge < -0.3 is 37.6 Å². The van der Waals surface area contributed by atoms with Crippen LogP contribution in [0.25, 0.3) is 22.3 Å². The normalized spacial score (nSPS) is 31.8. The quantitative estimate of drug-likeness (QED) is 0.242. The number of halogens is 4. The zero-order valence-corrected chi connectivity index (χ0v) is 26.2. The molecule has 6 heterocycles. The number of fused-ring (bicyclic) bond motifs is 6. The summed E-state index contributed by atoms with van der Waals surface area (Å²) in [4.78, 5) is 48.7. The third-order valence-electron chi connectivity index (χ3n) is 6.43. The lowest BCUT2D eigenvalue weighted by Gasteiger charge is -2.25. The molecule has 2 unspecified atom stereocenters. The minimum Gasteiger partial charge on any atom is -0.345 e. The first-order valence-corrected chi connectivity index (χ1v) is 17.9. The van der Waals surface area contributed by atoms with Gasteiger partial charge in [-0.1, -0.05) is 16.8 Å². The lowest BCUT2D eigenvalue weighted by atomic mass is 10.1. The average molecular weight is 719 g/mol. The van der Waals surface area contributed by atoms with E-state index in [1.54, 1.807) is 0 Å². The molecule has 1 saturated heterocycles. The van der Waals surface area contributed by atoms with Crippen molar-refractivity contribution < 1.29 is 45.8 Å². The predicted molar refractivity (Wildman–Crippen MR) is 152 cm³/mol. The van der Waals surface area contributed by atoms with Crippen molar-refractivity contribution in [1.29, 1.82) is 0 Å². The molecular weight excluding hydrogens is 699 g/mol. The summed E-state index contributed by atoms with van der Waals surface area (Å²) in [5.41, 5.74) is -0.874. The third-order valence-corrected chi connectivity index (χ3v) is 9.74. The summed E-state index contributed by atoms with van der Waals surface area (Å²) >= 11 is 16.0. The van der Waals surface area contributed by atoms with Crippen LogP contribution < -0.4 is 5.56 Å². The smallest absolute Gasteiger partial charge is 0.325 e. The number of nitrogens with one attached hydrogen (secondary N) is 1. The van der Waals surface area contributed by atoms with Crippen LogP contribution in [-0.2, 0) is 59.6 Å². The number of aryl methyl sites for hydroxylation is 1. The second-order valence-electron chi connectivity index (χ2n) is 9.68. The summed E-state index contributed by atoms with van der Waals surface area (Å²) in [5, 5.41) is 7.79. The first kappa shape index (κ1) is 32.0. The topological polar surface area (TPSA) is 194 Å². The molecule has 0 aromatic carbocycles. The summed E-state index contributed by atoms with van der Waals surface area (Å²) < 4.78 is 74.8. The van der Waals surface area contributed by atoms with Crippen molar-refractivity contribution >= 4 is 71.0 Å². The van der Waals surface area contributed by atoms with Crippen LogP contribution in [0, 0.1) is 6.92 Å². The van der Waals surface area contributed by atoms with Crippen molar-refractivity contribution in [2.24, 2.45) is 0 Å². The van der Waals surface area contributed by atoms with Gasteiger partial charge in [0.2, 0.25) is 0 Å². The number of aromatic nitrogens is 8. The molecule has 0 spiro atoms. The van der Waals surface area contributed by atoms with Crippen molar-refractivity contribution in [2.45, 2.75) is 50.6 Å². The average Bonchev–Trinajstić information content (AvgIpc) is 3.58. The number of ether oxygens (including phenoxy) is 1. The van der Waals surface area contributed by atoms with Crippen LogP contribution in [0.1, 0.15) is 17.9 Å². The second kappa shape index (κ2) is 11.7. The molecule has 2 aliphatic rings. The first-order chi connectivity index (χ1) is 20.6. The van der Waals surface area contributed by atoms with E-state index in [9.17, 15) is 14.6 Å². The molecule has 0 amide bonds. The molecule has 6 rings (SSSR count). The monoisotopic (exact) mass is 718 g/mol. The Hall–Kier alpha value is -2.00. The molecule has 0 saturated carbocycles. The molecule has 0 radical (unpaired) electrons. The van der Waals surface area contributed by atoms with E-state index in [1.165, 1.54) is 19.2 Å². The molecule has 16 nitrogen and oxygen atoms in total. The molecule has 1 fully saturated rings. The molecule has 238 valence electrons. The summed E-state index contributed by atoms with van der Waals surface area (Å²) in [6, 6.07) is 1.37. The Kier molecular flexibility index (Phi) is 8.47. The Morgan fingerprint density at radius 3 is 2.73 bits per heavy atom. The summed E-state index contributed by atoms with van der Waals surface area (Å²) in [6.45, 7) is -11.2.